The second-order valence-corrected chi connectivity index (χ2v) is 11.6. The van der Waals surface area contributed by atoms with Gasteiger partial charge in [-0.1, -0.05) is 12.2 Å². The lowest BCUT2D eigenvalue weighted by molar-refractivity contribution is -0.388. The first-order valence-corrected chi connectivity index (χ1v) is 13.6. The lowest BCUT2D eigenvalue weighted by Crippen LogP contribution is -2.45. The lowest BCUT2D eigenvalue weighted by Gasteiger charge is -2.27. The summed E-state index contributed by atoms with van der Waals surface area (Å²) in [4.78, 5) is 75.4. The predicted octanol–water partition coefficient (Wildman–Crippen LogP) is 5.89. The fourth-order valence-corrected chi connectivity index (χ4v) is 5.20. The monoisotopic (exact) mass is 686 g/mol. The molecule has 256 valence electrons. The molecule has 0 aliphatic carbocycles. The van der Waals surface area contributed by atoms with Crippen molar-refractivity contribution >= 4 is 46.6 Å². The van der Waals surface area contributed by atoms with E-state index in [-0.39, 0.29) is 13.1 Å². The number of hydrogen-bond donors (Lipinski definition) is 0. The Labute approximate surface area is 266 Å². The number of nitrogens with zero attached hydrogens (tertiary/aromatic N) is 6. The van der Waals surface area contributed by atoms with E-state index in [9.17, 15) is 65.7 Å². The van der Waals surface area contributed by atoms with Crippen LogP contribution in [0, 0.1) is 20.2 Å². The first kappa shape index (κ1) is 35.3. The van der Waals surface area contributed by atoms with E-state index in [0.29, 0.717) is 34.1 Å². The number of imide groups is 2. The largest absolute Gasteiger partial charge is 0.423 e. The molecular formula is C28H24F6N6O8. The molecule has 0 unspecified atom stereocenters. The molecule has 20 heteroatoms. The van der Waals surface area contributed by atoms with Crippen molar-refractivity contribution in [2.24, 2.45) is 0 Å². The van der Waals surface area contributed by atoms with Crippen molar-refractivity contribution in [2.45, 2.75) is 51.1 Å². The Morgan fingerprint density at radius 1 is 0.646 bits per heavy atom. The summed E-state index contributed by atoms with van der Waals surface area (Å²) >= 11 is 0. The van der Waals surface area contributed by atoms with E-state index in [1.807, 2.05) is 0 Å². The molecule has 0 atom stereocenters. The third kappa shape index (κ3) is 5.88. The molecule has 2 aliphatic heterocycles. The van der Waals surface area contributed by atoms with Gasteiger partial charge in [0.25, 0.3) is 23.2 Å². The molecule has 4 rings (SSSR count). The maximum absolute atomic E-state index is 13.5. The fourth-order valence-electron chi connectivity index (χ4n) is 5.20. The molecule has 2 fully saturated rings. The number of benzene rings is 2. The van der Waals surface area contributed by atoms with Crippen LogP contribution in [0.15, 0.2) is 48.6 Å². The highest BCUT2D eigenvalue weighted by atomic mass is 19.4. The van der Waals surface area contributed by atoms with Crippen LogP contribution in [-0.4, -0.2) is 67.7 Å². The zero-order valence-corrected chi connectivity index (χ0v) is 25.3. The van der Waals surface area contributed by atoms with Gasteiger partial charge in [-0.3, -0.25) is 29.8 Å². The summed E-state index contributed by atoms with van der Waals surface area (Å²) in [5.41, 5.74) is -10.3. The zero-order chi connectivity index (χ0) is 36.3. The third-order valence-electron chi connectivity index (χ3n) is 7.87. The number of carbonyl (C=O) groups is 4. The van der Waals surface area contributed by atoms with Crippen LogP contribution >= 0.6 is 0 Å². The van der Waals surface area contributed by atoms with Gasteiger partial charge >= 0.3 is 24.4 Å². The molecule has 0 bridgehead atoms. The van der Waals surface area contributed by atoms with Crippen LogP contribution in [0.2, 0.25) is 0 Å². The predicted molar refractivity (Wildman–Crippen MR) is 153 cm³/mol. The lowest BCUT2D eigenvalue weighted by atomic mass is 10.0. The Morgan fingerprint density at radius 2 is 0.958 bits per heavy atom. The Morgan fingerprint density at radius 3 is 1.23 bits per heavy atom. The van der Waals surface area contributed by atoms with Gasteiger partial charge in [-0.25, -0.2) is 19.4 Å². The molecule has 2 aliphatic rings. The van der Waals surface area contributed by atoms with Crippen LogP contribution in [0.3, 0.4) is 0 Å². The van der Waals surface area contributed by atoms with Gasteiger partial charge < -0.3 is 9.80 Å². The van der Waals surface area contributed by atoms with Crippen LogP contribution in [0.5, 0.6) is 0 Å². The summed E-state index contributed by atoms with van der Waals surface area (Å²) in [6.07, 6.45) is -7.76. The second-order valence-electron chi connectivity index (χ2n) is 11.6. The number of anilines is 2. The number of carbonyl (C=O) groups excluding carboxylic acids is 4. The van der Waals surface area contributed by atoms with Crippen LogP contribution in [0.4, 0.5) is 58.7 Å². The summed E-state index contributed by atoms with van der Waals surface area (Å²) < 4.78 is 81.2. The van der Waals surface area contributed by atoms with Gasteiger partial charge in [0.05, 0.1) is 21.2 Å². The molecular weight excluding hydrogens is 662 g/mol. The average molecular weight is 687 g/mol. The minimum Gasteiger partial charge on any atom is -0.306 e. The van der Waals surface area contributed by atoms with E-state index in [4.69, 9.17) is 0 Å². The average Bonchev–Trinajstić information content (AvgIpc) is 3.24. The van der Waals surface area contributed by atoms with E-state index in [0.717, 1.165) is 21.9 Å². The van der Waals surface area contributed by atoms with Crippen LogP contribution in [0.1, 0.15) is 38.8 Å². The van der Waals surface area contributed by atoms with Crippen LogP contribution in [0.25, 0.3) is 0 Å². The van der Waals surface area contributed by atoms with Gasteiger partial charge in [0, 0.05) is 25.2 Å². The van der Waals surface area contributed by atoms with E-state index < -0.39 is 91.0 Å². The van der Waals surface area contributed by atoms with Gasteiger partial charge in [0.1, 0.15) is 22.2 Å². The molecule has 6 amide bonds. The Kier molecular flexibility index (Phi) is 8.53. The molecule has 0 spiro atoms. The van der Waals surface area contributed by atoms with Gasteiger partial charge in [0.15, 0.2) is 0 Å². The highest BCUT2D eigenvalue weighted by molar-refractivity contribution is 6.24. The number of urea groups is 2. The van der Waals surface area contributed by atoms with Gasteiger partial charge in [-0.05, 0) is 52.0 Å². The molecule has 2 saturated heterocycles. The molecule has 2 aromatic carbocycles. The Bertz CT molecular complexity index is 1660. The molecule has 0 saturated carbocycles. The van der Waals surface area contributed by atoms with E-state index in [2.05, 4.69) is 0 Å². The van der Waals surface area contributed by atoms with E-state index >= 15 is 0 Å². The van der Waals surface area contributed by atoms with Crippen molar-refractivity contribution in [3.8, 4) is 0 Å². The van der Waals surface area contributed by atoms with Gasteiger partial charge in [-0.2, -0.15) is 26.3 Å². The SMILES string of the molecule is CC1(C)C(=O)N(c2ccc([N+](=O)[O-])c(C(F)(F)F)c2)C(=O)N1C/C=C\CN1C(=O)N(c2ccc([N+](=O)[O-])c(C(F)(F)F)c2)C(=O)C1(C)C. The zero-order valence-electron chi connectivity index (χ0n) is 25.3. The highest BCUT2D eigenvalue weighted by Crippen LogP contribution is 2.42. The van der Waals surface area contributed by atoms with Crippen molar-refractivity contribution in [3.05, 3.63) is 79.9 Å². The second kappa shape index (κ2) is 11.6. The normalized spacial score (nSPS) is 18.1. The van der Waals surface area contributed by atoms with Gasteiger partial charge in [0.2, 0.25) is 0 Å². The molecule has 0 N–H and O–H groups in total. The van der Waals surface area contributed by atoms with Crippen molar-refractivity contribution in [1.29, 1.82) is 0 Å². The maximum Gasteiger partial charge on any atom is 0.423 e. The quantitative estimate of drug-likeness (QED) is 0.109. The number of nitro benzene ring substituents is 2. The number of halogens is 6. The summed E-state index contributed by atoms with van der Waals surface area (Å²) in [6, 6.07) is 1.20. The van der Waals surface area contributed by atoms with Crippen LogP contribution < -0.4 is 9.80 Å². The minimum absolute atomic E-state index is 0.315. The number of rotatable bonds is 8. The van der Waals surface area contributed by atoms with Crippen molar-refractivity contribution in [2.75, 3.05) is 22.9 Å². The number of alkyl halides is 6. The van der Waals surface area contributed by atoms with Crippen molar-refractivity contribution in [1.82, 2.24) is 9.80 Å². The van der Waals surface area contributed by atoms with Crippen molar-refractivity contribution < 1.29 is 55.4 Å². The summed E-state index contributed by atoms with van der Waals surface area (Å²) in [6.45, 7) is 4.54. The molecule has 14 nitrogen and oxygen atoms in total. The topological polar surface area (TPSA) is 168 Å². The standard InChI is InChI=1S/C28H24F6N6O8/c1-25(2)21(41)37(15-7-9-19(39(45)46)17(13-15)27(29,30)31)23(43)35(25)11-5-6-12-36-24(44)38(22(42)26(36,3)4)16-8-10-20(40(47)48)18(14-16)28(32,33)34/h5-10,13-14H,11-12H2,1-4H3/b6-5-. The number of nitro groups is 2. The first-order chi connectivity index (χ1) is 21.9. The molecule has 0 radical (unpaired) electrons. The van der Waals surface area contributed by atoms with E-state index in [1.54, 1.807) is 0 Å². The van der Waals surface area contributed by atoms with Crippen molar-refractivity contribution in [3.63, 3.8) is 0 Å². The minimum atomic E-state index is -5.18. The smallest absolute Gasteiger partial charge is 0.306 e. The molecule has 2 heterocycles. The van der Waals surface area contributed by atoms with E-state index in [1.165, 1.54) is 39.8 Å². The number of hydrogen-bond acceptors (Lipinski definition) is 8. The Balaban J connectivity index is 1.56. The summed E-state index contributed by atoms with van der Waals surface area (Å²) in [5.74, 6) is -1.89. The summed E-state index contributed by atoms with van der Waals surface area (Å²) in [5, 5.41) is 22.2. The number of amides is 6. The molecule has 2 aromatic rings. The molecule has 0 aromatic heterocycles. The summed E-state index contributed by atoms with van der Waals surface area (Å²) in [7, 11) is 0. The third-order valence-corrected chi connectivity index (χ3v) is 7.87. The van der Waals surface area contributed by atoms with Crippen LogP contribution in [-0.2, 0) is 21.9 Å². The maximum atomic E-state index is 13.5. The Hall–Kier alpha value is -5.56. The first-order valence-electron chi connectivity index (χ1n) is 13.6. The fraction of sp³-hybridized carbons (Fsp3) is 0.357. The highest BCUT2D eigenvalue weighted by Gasteiger charge is 2.53. The van der Waals surface area contributed by atoms with Gasteiger partial charge in [-0.15, -0.1) is 0 Å². The molecule has 48 heavy (non-hydrogen) atoms.